The molecule has 3 aromatic heterocycles. The Balaban J connectivity index is 1.15. The molecule has 5 heterocycles. The molecule has 21 heteroatoms. The number of amides is 2. The number of ether oxygens (including phenoxy) is 4. The average molecular weight is 1160 g/mol. The van der Waals surface area contributed by atoms with Gasteiger partial charge in [-0.1, -0.05) is 145 Å². The standard InChI is InChI=1S/C56H42N4O10S7/c1-3-59-47(61)45(76-53(59)71)57-37-26-36-39(56(37,51(65)69-29-33-21-13-7-14-22-33)52(66)70-30-34-23-15-8-16-24-34)42-44(73-36)40-43(75-42)41-35(25-38(74-41)58-46-48(62)60(4-2)54(72)77-46)55(40,49(63)67-27-31-17-9-5-10-18-31)50(64)68-28-32-19-11-6-12-20-32/h5-26,54,72H,3-4,27-30H2,1-2H3. The van der Waals surface area contributed by atoms with Crippen molar-refractivity contribution in [1.82, 2.24) is 9.80 Å². The monoisotopic (exact) mass is 1150 g/mol. The van der Waals surface area contributed by atoms with Crippen molar-refractivity contribution >= 4 is 153 Å². The Morgan fingerprint density at radius 1 is 0.597 bits per heavy atom. The molecule has 4 aromatic carbocycles. The zero-order valence-electron chi connectivity index (χ0n) is 40.8. The minimum Gasteiger partial charge on any atom is -0.459 e. The van der Waals surface area contributed by atoms with Crippen LogP contribution in [0.25, 0.3) is 25.2 Å². The Hall–Kier alpha value is -6.72. The fourth-order valence-electron chi connectivity index (χ4n) is 9.47. The second-order valence-corrected chi connectivity index (χ2v) is 24.3. The predicted octanol–water partition coefficient (Wildman–Crippen LogP) is 11.0. The Bertz CT molecular complexity index is 3540. The second-order valence-electron chi connectivity index (χ2n) is 17.7. The molecule has 11 rings (SSSR count). The van der Waals surface area contributed by atoms with Gasteiger partial charge in [-0.05, 0) is 60.0 Å². The fraction of sp³-hybridized carbons (Fsp3) is 0.196. The summed E-state index contributed by atoms with van der Waals surface area (Å²) in [5.74, 6) is -4.81. The molecule has 388 valence electrons. The van der Waals surface area contributed by atoms with Crippen molar-refractivity contribution in [1.29, 1.82) is 0 Å². The lowest BCUT2D eigenvalue weighted by molar-refractivity contribution is -0.166. The zero-order valence-corrected chi connectivity index (χ0v) is 46.6. The van der Waals surface area contributed by atoms with Crippen LogP contribution in [0.2, 0.25) is 0 Å². The van der Waals surface area contributed by atoms with E-state index in [-0.39, 0.29) is 75.7 Å². The molecule has 2 amide bonds. The first-order valence-electron chi connectivity index (χ1n) is 24.1. The largest absolute Gasteiger partial charge is 0.459 e. The first-order valence-corrected chi connectivity index (χ1v) is 29.1. The smallest absolute Gasteiger partial charge is 0.334 e. The van der Waals surface area contributed by atoms with E-state index < -0.39 is 45.3 Å². The summed E-state index contributed by atoms with van der Waals surface area (Å²) in [6, 6.07) is 37.6. The highest BCUT2D eigenvalue weighted by Gasteiger charge is 2.64. The highest BCUT2D eigenvalue weighted by atomic mass is 32.2. The summed E-state index contributed by atoms with van der Waals surface area (Å²) in [6.07, 6.45) is 1.55. The minimum atomic E-state index is -2.49. The number of thioether (sulfide) groups is 2. The van der Waals surface area contributed by atoms with Gasteiger partial charge in [-0.2, -0.15) is 0 Å². The minimum absolute atomic E-state index is 0.0665. The highest BCUT2D eigenvalue weighted by Crippen LogP contribution is 2.65. The van der Waals surface area contributed by atoms with Gasteiger partial charge in [0, 0.05) is 34.7 Å². The van der Waals surface area contributed by atoms with Gasteiger partial charge in [0.05, 0.1) is 24.9 Å². The number of carbonyl (C=O) groups excluding carboxylic acids is 6. The van der Waals surface area contributed by atoms with Crippen LogP contribution in [0.4, 0.5) is 5.00 Å². The Morgan fingerprint density at radius 2 is 1.08 bits per heavy atom. The number of esters is 4. The maximum absolute atomic E-state index is 15.7. The molecule has 2 aliphatic heterocycles. The van der Waals surface area contributed by atoms with E-state index in [4.69, 9.17) is 41.2 Å². The van der Waals surface area contributed by atoms with Crippen LogP contribution in [0, 0.1) is 0 Å². The third kappa shape index (κ3) is 9.14. The lowest BCUT2D eigenvalue weighted by Crippen LogP contribution is -2.46. The van der Waals surface area contributed by atoms with Crippen LogP contribution in [0.3, 0.4) is 0 Å². The molecular formula is C56H42N4O10S7. The van der Waals surface area contributed by atoms with Crippen LogP contribution < -0.4 is 0 Å². The van der Waals surface area contributed by atoms with Gasteiger partial charge in [0.1, 0.15) is 40.5 Å². The number of rotatable bonds is 16. The summed E-state index contributed by atoms with van der Waals surface area (Å²) < 4.78 is 25.3. The van der Waals surface area contributed by atoms with Crippen LogP contribution in [-0.4, -0.2) is 77.7 Å². The Kier molecular flexibility index (Phi) is 14.7. The van der Waals surface area contributed by atoms with Gasteiger partial charge in [0.25, 0.3) is 11.8 Å². The number of fused-ring (bicyclic) bond motifs is 7. The number of aliphatic imine (C=N–C) groups is 2. The van der Waals surface area contributed by atoms with Gasteiger partial charge >= 0.3 is 23.9 Å². The SMILES string of the molecule is CCN1C(=O)C(=NC2=Cc3sc4c5c(sc4c3C2(C(=O)OCc2ccccc2)C(=O)OCc2ccccc2)-c2sc(N=C3SC(S)N(CC)C3=O)cc2C5(C(=O)OCc2ccccc2)C(=O)OCc2ccccc2)SC1=S. The first kappa shape index (κ1) is 52.3. The van der Waals surface area contributed by atoms with E-state index in [0.29, 0.717) is 57.8 Å². The zero-order chi connectivity index (χ0) is 53.6. The molecule has 1 atom stereocenters. The van der Waals surface area contributed by atoms with Gasteiger partial charge in [0.15, 0.2) is 10.1 Å². The molecule has 2 saturated heterocycles. The number of thiol groups is 1. The van der Waals surface area contributed by atoms with E-state index in [1.54, 1.807) is 121 Å². The first-order chi connectivity index (χ1) is 37.4. The Labute approximate surface area is 472 Å². The van der Waals surface area contributed by atoms with E-state index >= 15 is 19.2 Å². The molecule has 0 saturated carbocycles. The van der Waals surface area contributed by atoms with Crippen molar-refractivity contribution in [2.45, 2.75) is 55.8 Å². The van der Waals surface area contributed by atoms with Crippen LogP contribution in [-0.2, 0) is 85.0 Å². The maximum Gasteiger partial charge on any atom is 0.334 e. The van der Waals surface area contributed by atoms with Gasteiger partial charge in [0.2, 0.25) is 10.8 Å². The number of carbonyl (C=O) groups is 6. The predicted molar refractivity (Wildman–Crippen MR) is 308 cm³/mol. The molecule has 0 radical (unpaired) electrons. The molecule has 1 unspecified atom stereocenters. The molecule has 7 aromatic rings. The number of benzene rings is 4. The topological polar surface area (TPSA) is 171 Å². The summed E-state index contributed by atoms with van der Waals surface area (Å²) >= 11 is 15.7. The van der Waals surface area contributed by atoms with Crippen LogP contribution in [0.5, 0.6) is 0 Å². The van der Waals surface area contributed by atoms with Gasteiger partial charge in [-0.25, -0.2) is 9.98 Å². The van der Waals surface area contributed by atoms with Crippen molar-refractivity contribution in [3.05, 3.63) is 177 Å². The van der Waals surface area contributed by atoms with E-state index in [2.05, 4.69) is 12.6 Å². The molecule has 14 nitrogen and oxygen atoms in total. The van der Waals surface area contributed by atoms with Gasteiger partial charge in [-0.15, -0.1) is 46.6 Å². The normalized spacial score (nSPS) is 17.9. The number of hydrogen-bond donors (Lipinski definition) is 1. The van der Waals surface area contributed by atoms with Crippen molar-refractivity contribution < 1.29 is 47.7 Å². The van der Waals surface area contributed by atoms with Crippen molar-refractivity contribution in [2.24, 2.45) is 9.98 Å². The maximum atomic E-state index is 15.7. The van der Waals surface area contributed by atoms with Crippen LogP contribution in [0.1, 0.15) is 57.7 Å². The third-order valence-corrected chi connectivity index (χ3v) is 19.8. The molecule has 4 aliphatic rings. The number of thiophene rings is 3. The van der Waals surface area contributed by atoms with Gasteiger partial charge in [-0.3, -0.25) is 33.7 Å². The van der Waals surface area contributed by atoms with Crippen LogP contribution in [0.15, 0.2) is 143 Å². The fourth-order valence-corrected chi connectivity index (χ4v) is 16.6. The van der Waals surface area contributed by atoms with Crippen LogP contribution >= 0.6 is 82.4 Å². The molecule has 2 fully saturated rings. The lowest BCUT2D eigenvalue weighted by Gasteiger charge is -2.28. The van der Waals surface area contributed by atoms with Crippen molar-refractivity contribution in [3.8, 4) is 9.75 Å². The highest BCUT2D eigenvalue weighted by molar-refractivity contribution is 8.35. The number of nitrogens with zero attached hydrogens (tertiary/aromatic N) is 4. The molecule has 0 spiro atoms. The van der Waals surface area contributed by atoms with E-state index in [9.17, 15) is 9.59 Å². The molecular weight excluding hydrogens is 1110 g/mol. The lowest BCUT2D eigenvalue weighted by atomic mass is 9.78. The summed E-state index contributed by atoms with van der Waals surface area (Å²) in [7, 11) is 0. The average Bonchev–Trinajstić information content (AvgIpc) is 4.27. The number of hydrogen-bond acceptors (Lipinski definition) is 19. The van der Waals surface area contributed by atoms with Crippen molar-refractivity contribution in [2.75, 3.05) is 13.1 Å². The van der Waals surface area contributed by atoms with E-state index in [0.717, 1.165) is 45.8 Å². The van der Waals surface area contributed by atoms with Gasteiger partial charge < -0.3 is 23.8 Å². The Morgan fingerprint density at radius 3 is 1.53 bits per heavy atom. The summed E-state index contributed by atoms with van der Waals surface area (Å²) in [6.45, 7) is 3.35. The summed E-state index contributed by atoms with van der Waals surface area (Å²) in [4.78, 5) is 104. The third-order valence-electron chi connectivity index (χ3n) is 13.2. The van der Waals surface area contributed by atoms with E-state index in [1.807, 2.05) is 31.2 Å². The summed E-state index contributed by atoms with van der Waals surface area (Å²) in [5, 5.41) is 0.424. The molecule has 0 bridgehead atoms. The molecule has 2 aliphatic carbocycles. The van der Waals surface area contributed by atoms with E-state index in [1.165, 1.54) is 16.7 Å². The summed E-state index contributed by atoms with van der Waals surface area (Å²) in [5.41, 5.74) is -1.80. The second kappa shape index (κ2) is 21.6. The number of thiocarbonyl (C=S) groups is 1. The quantitative estimate of drug-likeness (QED) is 0.0319. The molecule has 0 N–H and O–H groups in total. The van der Waals surface area contributed by atoms with Crippen molar-refractivity contribution in [3.63, 3.8) is 0 Å². The molecule has 77 heavy (non-hydrogen) atoms.